The second kappa shape index (κ2) is 8.33. The van der Waals surface area contributed by atoms with E-state index in [1.165, 1.54) is 0 Å². The molecule has 0 atom stereocenters. The molecule has 1 N–H and O–H groups in total. The van der Waals surface area contributed by atoms with Gasteiger partial charge in [-0.05, 0) is 57.6 Å². The zero-order valence-electron chi connectivity index (χ0n) is 15.9. The molecule has 26 heavy (non-hydrogen) atoms. The lowest BCUT2D eigenvalue weighted by Gasteiger charge is -2.18. The lowest BCUT2D eigenvalue weighted by atomic mass is 10.0. The van der Waals surface area contributed by atoms with E-state index in [-0.39, 0.29) is 11.5 Å². The number of carbonyl (C=O) groups is 1. The molecule has 0 amide bonds. The number of fused-ring (bicyclic) bond motifs is 1. The summed E-state index contributed by atoms with van der Waals surface area (Å²) in [4.78, 5) is 12.2. The lowest BCUT2D eigenvalue weighted by Crippen LogP contribution is -2.30. The van der Waals surface area contributed by atoms with Crippen molar-refractivity contribution in [3.63, 3.8) is 0 Å². The van der Waals surface area contributed by atoms with E-state index < -0.39 is 14.6 Å². The van der Waals surface area contributed by atoms with E-state index in [0.717, 1.165) is 42.4 Å². The number of sulfone groups is 1. The maximum Gasteiger partial charge on any atom is 0.155 e. The molecule has 0 radical (unpaired) electrons. The van der Waals surface area contributed by atoms with Crippen LogP contribution in [-0.4, -0.2) is 35.6 Å². The molecule has 6 heteroatoms. The van der Waals surface area contributed by atoms with Crippen molar-refractivity contribution in [1.82, 2.24) is 0 Å². The number of benzene rings is 1. The molecule has 144 valence electrons. The monoisotopic (exact) mass is 379 g/mol. The molecule has 1 aromatic carbocycles. The number of unbranched alkanes of at least 4 members (excludes halogenated alkanes) is 2. The summed E-state index contributed by atoms with van der Waals surface area (Å²) in [5.74, 6) is 0.363. The molecule has 1 aliphatic carbocycles. The van der Waals surface area contributed by atoms with Crippen LogP contribution in [0.1, 0.15) is 69.6 Å². The maximum absolute atomic E-state index is 12.2. The number of aryl methyl sites for hydroxylation is 1. The first-order chi connectivity index (χ1) is 12.1. The smallest absolute Gasteiger partial charge is 0.155 e. The largest absolute Gasteiger partial charge is 0.411 e. The summed E-state index contributed by atoms with van der Waals surface area (Å²) in [6.07, 6.45) is 4.55. The van der Waals surface area contributed by atoms with Crippen molar-refractivity contribution < 1.29 is 18.4 Å². The van der Waals surface area contributed by atoms with Crippen molar-refractivity contribution in [2.75, 3.05) is 5.75 Å². The van der Waals surface area contributed by atoms with E-state index in [4.69, 9.17) is 5.21 Å². The van der Waals surface area contributed by atoms with Gasteiger partial charge in [-0.25, -0.2) is 8.42 Å². The summed E-state index contributed by atoms with van der Waals surface area (Å²) >= 11 is 0. The number of hydrogen-bond donors (Lipinski definition) is 1. The van der Waals surface area contributed by atoms with Gasteiger partial charge in [-0.1, -0.05) is 29.8 Å². The van der Waals surface area contributed by atoms with Gasteiger partial charge >= 0.3 is 0 Å². The molecular formula is C20H29NO4S. The number of oxime groups is 1. The molecule has 1 aliphatic rings. The van der Waals surface area contributed by atoms with E-state index in [1.54, 1.807) is 20.8 Å². The van der Waals surface area contributed by atoms with Crippen molar-refractivity contribution in [1.29, 1.82) is 0 Å². The zero-order chi connectivity index (χ0) is 19.4. The van der Waals surface area contributed by atoms with Gasteiger partial charge in [0.05, 0.1) is 16.2 Å². The maximum atomic E-state index is 12.2. The predicted molar refractivity (Wildman–Crippen MR) is 104 cm³/mol. The molecule has 5 nitrogen and oxygen atoms in total. The lowest BCUT2D eigenvalue weighted by molar-refractivity contribution is -0.118. The molecule has 1 aromatic rings. The quantitative estimate of drug-likeness (QED) is 0.424. The molecule has 0 aliphatic heterocycles. The number of nitrogens with zero attached hydrogens (tertiary/aromatic N) is 1. The Bertz CT molecular complexity index is 789. The minimum atomic E-state index is -3.07. The Balaban J connectivity index is 1.75. The van der Waals surface area contributed by atoms with Gasteiger partial charge in [-0.15, -0.1) is 0 Å². The number of hydrogen-bond acceptors (Lipinski definition) is 5. The Hall–Kier alpha value is -1.69. The number of rotatable bonds is 8. The molecule has 0 bridgehead atoms. The summed E-state index contributed by atoms with van der Waals surface area (Å²) < 4.78 is 23.4. The fourth-order valence-electron chi connectivity index (χ4n) is 3.15. The second-order valence-corrected chi connectivity index (χ2v) is 10.9. The highest BCUT2D eigenvalue weighted by atomic mass is 32.2. The van der Waals surface area contributed by atoms with E-state index in [2.05, 4.69) is 5.16 Å². The minimum absolute atomic E-state index is 0.178. The van der Waals surface area contributed by atoms with Gasteiger partial charge < -0.3 is 5.21 Å². The van der Waals surface area contributed by atoms with Gasteiger partial charge in [-0.2, -0.15) is 0 Å². The summed E-state index contributed by atoms with van der Waals surface area (Å²) in [6.45, 7) is 5.16. The summed E-state index contributed by atoms with van der Waals surface area (Å²) in [5, 5.41) is 12.3. The molecule has 2 rings (SSSR count). The van der Waals surface area contributed by atoms with Crippen LogP contribution >= 0.6 is 0 Å². The highest BCUT2D eigenvalue weighted by molar-refractivity contribution is 7.92. The average Bonchev–Trinajstić information content (AvgIpc) is 2.95. The normalized spacial score (nSPS) is 16.0. The van der Waals surface area contributed by atoms with Gasteiger partial charge in [-0.3, -0.25) is 4.79 Å². The van der Waals surface area contributed by atoms with Gasteiger partial charge in [0.25, 0.3) is 0 Å². The third-order valence-electron chi connectivity index (χ3n) is 4.94. The highest BCUT2D eigenvalue weighted by Crippen LogP contribution is 2.24. The van der Waals surface area contributed by atoms with Crippen LogP contribution < -0.4 is 0 Å². The average molecular weight is 380 g/mol. The molecule has 0 heterocycles. The summed E-state index contributed by atoms with van der Waals surface area (Å²) in [6, 6.07) is 5.88. The summed E-state index contributed by atoms with van der Waals surface area (Å²) in [7, 11) is -3.07. The molecule has 0 saturated heterocycles. The van der Waals surface area contributed by atoms with Crippen molar-refractivity contribution in [2.24, 2.45) is 5.16 Å². The Morgan fingerprint density at radius 3 is 2.54 bits per heavy atom. The highest BCUT2D eigenvalue weighted by Gasteiger charge is 2.28. The Labute approximate surface area is 156 Å². The SMILES string of the molecule is CC(C)(C)S(=O)(=O)CCCCCC(=O)Cc1ccc2c(c1)CCC2=NO. The standard InChI is InChI=1S/C20H29NO4S/c1-20(2,3)26(24,25)12-6-4-5-7-17(22)14-15-8-10-18-16(13-15)9-11-19(18)21-23/h8,10,13,23H,4-7,9,11-12,14H2,1-3H3. The molecule has 0 saturated carbocycles. The van der Waals surface area contributed by atoms with Crippen LogP contribution in [0.4, 0.5) is 0 Å². The predicted octanol–water partition coefficient (Wildman–Crippen LogP) is 3.70. The van der Waals surface area contributed by atoms with Crippen LogP contribution in [0, 0.1) is 0 Å². The first kappa shape index (κ1) is 20.6. The number of Topliss-reactive ketones (excluding diaryl/α,β-unsaturated/α-hetero) is 1. The van der Waals surface area contributed by atoms with Crippen molar-refractivity contribution in [3.05, 3.63) is 34.9 Å². The topological polar surface area (TPSA) is 83.8 Å². The zero-order valence-corrected chi connectivity index (χ0v) is 16.7. The molecule has 0 unspecified atom stereocenters. The molecule has 0 fully saturated rings. The van der Waals surface area contributed by atoms with Gasteiger partial charge in [0.2, 0.25) is 0 Å². The molecule has 0 spiro atoms. The Morgan fingerprint density at radius 2 is 1.88 bits per heavy atom. The van der Waals surface area contributed by atoms with Crippen molar-refractivity contribution in [3.8, 4) is 0 Å². The van der Waals surface area contributed by atoms with Crippen LogP contribution in [0.3, 0.4) is 0 Å². The Kier molecular flexibility index (Phi) is 6.61. The fraction of sp³-hybridized carbons (Fsp3) is 0.600. The van der Waals surface area contributed by atoms with E-state index in [9.17, 15) is 13.2 Å². The van der Waals surface area contributed by atoms with Gasteiger partial charge in [0, 0.05) is 18.4 Å². The first-order valence-electron chi connectivity index (χ1n) is 9.21. The summed E-state index contributed by atoms with van der Waals surface area (Å²) in [5.41, 5.74) is 3.81. The molecular weight excluding hydrogens is 350 g/mol. The first-order valence-corrected chi connectivity index (χ1v) is 10.9. The van der Waals surface area contributed by atoms with E-state index in [1.807, 2.05) is 18.2 Å². The van der Waals surface area contributed by atoms with Crippen LogP contribution in [-0.2, 0) is 27.5 Å². The number of ketones is 1. The Morgan fingerprint density at radius 1 is 1.15 bits per heavy atom. The molecule has 0 aromatic heterocycles. The second-order valence-electron chi connectivity index (χ2n) is 8.00. The van der Waals surface area contributed by atoms with Crippen LogP contribution in [0.25, 0.3) is 0 Å². The third kappa shape index (κ3) is 5.16. The van der Waals surface area contributed by atoms with Crippen molar-refractivity contribution >= 4 is 21.3 Å². The van der Waals surface area contributed by atoms with Crippen molar-refractivity contribution in [2.45, 2.75) is 70.5 Å². The van der Waals surface area contributed by atoms with E-state index in [0.29, 0.717) is 25.0 Å². The van der Waals surface area contributed by atoms with Crippen LogP contribution in [0.2, 0.25) is 0 Å². The number of carbonyl (C=O) groups excluding carboxylic acids is 1. The third-order valence-corrected chi connectivity index (χ3v) is 7.63. The minimum Gasteiger partial charge on any atom is -0.411 e. The van der Waals surface area contributed by atoms with Crippen LogP contribution in [0.15, 0.2) is 23.4 Å². The van der Waals surface area contributed by atoms with Crippen LogP contribution in [0.5, 0.6) is 0 Å². The fourth-order valence-corrected chi connectivity index (χ4v) is 4.35. The van der Waals surface area contributed by atoms with E-state index >= 15 is 0 Å². The van der Waals surface area contributed by atoms with Gasteiger partial charge in [0.1, 0.15) is 5.78 Å². The van der Waals surface area contributed by atoms with Gasteiger partial charge in [0.15, 0.2) is 9.84 Å².